The Morgan fingerprint density at radius 2 is 1.68 bits per heavy atom. The first-order chi connectivity index (χ1) is 14.5. The molecule has 1 aromatic heterocycles. The highest BCUT2D eigenvalue weighted by Crippen LogP contribution is 2.18. The van der Waals surface area contributed by atoms with E-state index in [2.05, 4.69) is 51.4 Å². The monoisotopic (exact) mass is 546 g/mol. The number of hydrogen-bond acceptors (Lipinski definition) is 5. The summed E-state index contributed by atoms with van der Waals surface area (Å²) in [5.74, 6) is 3.42. The molecule has 9 heteroatoms. The minimum atomic E-state index is 0. The van der Waals surface area contributed by atoms with Gasteiger partial charge in [0.15, 0.2) is 11.8 Å². The van der Waals surface area contributed by atoms with Gasteiger partial charge < -0.3 is 15.2 Å². The Bertz CT molecular complexity index is 689. The molecule has 0 spiro atoms. The fraction of sp³-hybridized carbons (Fsp3) is 0.864. The van der Waals surface area contributed by atoms with Gasteiger partial charge in [0.05, 0.1) is 0 Å². The summed E-state index contributed by atoms with van der Waals surface area (Å²) in [5.41, 5.74) is 0. The smallest absolute Gasteiger partial charge is 0.191 e. The summed E-state index contributed by atoms with van der Waals surface area (Å²) >= 11 is 0. The number of nitrogens with zero attached hydrogens (tertiary/aromatic N) is 6. The Balaban J connectivity index is 0.00000341. The lowest BCUT2D eigenvalue weighted by atomic mass is 10.1. The van der Waals surface area contributed by atoms with Gasteiger partial charge in [0, 0.05) is 38.8 Å². The van der Waals surface area contributed by atoms with Crippen LogP contribution in [-0.2, 0) is 13.6 Å². The molecule has 2 aliphatic rings. The van der Waals surface area contributed by atoms with E-state index in [1.54, 1.807) is 0 Å². The molecule has 0 saturated carbocycles. The van der Waals surface area contributed by atoms with Crippen LogP contribution in [0.15, 0.2) is 4.99 Å². The maximum atomic E-state index is 4.86. The maximum Gasteiger partial charge on any atom is 0.191 e. The van der Waals surface area contributed by atoms with Crippen LogP contribution in [0.2, 0.25) is 0 Å². The molecule has 3 heterocycles. The molecule has 2 atom stereocenters. The summed E-state index contributed by atoms with van der Waals surface area (Å²) in [7, 11) is 2.00. The fourth-order valence-electron chi connectivity index (χ4n) is 4.72. The molecule has 1 unspecified atom stereocenters. The number of aryl methyl sites for hydroxylation is 1. The Labute approximate surface area is 205 Å². The number of nitrogens with one attached hydrogen (secondary N) is 2. The van der Waals surface area contributed by atoms with E-state index < -0.39 is 0 Å². The van der Waals surface area contributed by atoms with Gasteiger partial charge in [0.2, 0.25) is 0 Å². The van der Waals surface area contributed by atoms with E-state index in [0.717, 1.165) is 37.2 Å². The zero-order valence-corrected chi connectivity index (χ0v) is 22.4. The third-order valence-electron chi connectivity index (χ3n) is 6.58. The first-order valence-corrected chi connectivity index (χ1v) is 11.8. The highest BCUT2D eigenvalue weighted by molar-refractivity contribution is 14.0. The predicted molar refractivity (Wildman–Crippen MR) is 138 cm³/mol. The molecular weight excluding hydrogens is 503 g/mol. The molecule has 1 aromatic rings. The average molecular weight is 547 g/mol. The molecular formula is C22H43IN8. The SMILES string of the molecule is CCN1CCCC1CNC(=NCc1nnc(C)n1C)NC[C@H]1CCCN1CC(C)C.I. The van der Waals surface area contributed by atoms with Crippen LogP contribution < -0.4 is 10.6 Å². The Hall–Kier alpha value is -0.940. The van der Waals surface area contributed by atoms with Crippen molar-refractivity contribution in [1.82, 2.24) is 35.2 Å². The van der Waals surface area contributed by atoms with Crippen LogP contribution in [0, 0.1) is 12.8 Å². The van der Waals surface area contributed by atoms with Crippen molar-refractivity contribution < 1.29 is 0 Å². The van der Waals surface area contributed by atoms with E-state index in [9.17, 15) is 0 Å². The van der Waals surface area contributed by atoms with Crippen molar-refractivity contribution >= 4 is 29.9 Å². The summed E-state index contributed by atoms with van der Waals surface area (Å²) in [4.78, 5) is 10.1. The lowest BCUT2D eigenvalue weighted by Gasteiger charge is -2.28. The van der Waals surface area contributed by atoms with Crippen molar-refractivity contribution in [2.75, 3.05) is 39.3 Å². The van der Waals surface area contributed by atoms with Crippen LogP contribution in [0.3, 0.4) is 0 Å². The van der Waals surface area contributed by atoms with Gasteiger partial charge in [-0.3, -0.25) is 9.80 Å². The van der Waals surface area contributed by atoms with Gasteiger partial charge in [0.1, 0.15) is 12.4 Å². The Kier molecular flexibility index (Phi) is 11.0. The highest BCUT2D eigenvalue weighted by atomic mass is 127. The molecule has 178 valence electrons. The molecule has 8 nitrogen and oxygen atoms in total. The van der Waals surface area contributed by atoms with Crippen LogP contribution in [0.1, 0.15) is 58.1 Å². The first kappa shape index (κ1) is 26.3. The summed E-state index contributed by atoms with van der Waals surface area (Å²) in [6, 6.07) is 1.19. The molecule has 0 aromatic carbocycles. The van der Waals surface area contributed by atoms with Gasteiger partial charge in [-0.05, 0) is 58.2 Å². The van der Waals surface area contributed by atoms with Crippen LogP contribution in [0.25, 0.3) is 0 Å². The number of aromatic nitrogens is 3. The lowest BCUT2D eigenvalue weighted by molar-refractivity contribution is 0.226. The van der Waals surface area contributed by atoms with Crippen LogP contribution in [0.4, 0.5) is 0 Å². The molecule has 31 heavy (non-hydrogen) atoms. The summed E-state index contributed by atoms with van der Waals surface area (Å²) in [6.45, 7) is 16.0. The fourth-order valence-corrected chi connectivity index (χ4v) is 4.72. The molecule has 0 aliphatic carbocycles. The summed E-state index contributed by atoms with van der Waals surface area (Å²) in [6.07, 6.45) is 5.12. The largest absolute Gasteiger partial charge is 0.355 e. The van der Waals surface area contributed by atoms with Gasteiger partial charge in [-0.2, -0.15) is 0 Å². The van der Waals surface area contributed by atoms with E-state index in [-0.39, 0.29) is 24.0 Å². The molecule has 0 amide bonds. The number of aliphatic imine (C=N–C) groups is 1. The number of likely N-dealkylation sites (tertiary alicyclic amines) is 2. The van der Waals surface area contributed by atoms with Gasteiger partial charge in [0.25, 0.3) is 0 Å². The minimum Gasteiger partial charge on any atom is -0.355 e. The number of rotatable bonds is 9. The van der Waals surface area contributed by atoms with Crippen LogP contribution in [0.5, 0.6) is 0 Å². The third-order valence-corrected chi connectivity index (χ3v) is 6.58. The average Bonchev–Trinajstić information content (AvgIpc) is 3.43. The van der Waals surface area contributed by atoms with E-state index >= 15 is 0 Å². The molecule has 0 bridgehead atoms. The molecule has 0 radical (unpaired) electrons. The second kappa shape index (κ2) is 12.9. The second-order valence-electron chi connectivity index (χ2n) is 9.26. The van der Waals surface area contributed by atoms with Crippen molar-refractivity contribution in [3.8, 4) is 0 Å². The van der Waals surface area contributed by atoms with Crippen LogP contribution in [-0.4, -0.2) is 81.9 Å². The molecule has 2 saturated heterocycles. The van der Waals surface area contributed by atoms with Crippen molar-refractivity contribution in [1.29, 1.82) is 0 Å². The van der Waals surface area contributed by atoms with Crippen LogP contribution >= 0.6 is 24.0 Å². The highest BCUT2D eigenvalue weighted by Gasteiger charge is 2.26. The number of guanidine groups is 1. The van der Waals surface area contributed by atoms with Gasteiger partial charge in [-0.25, -0.2) is 4.99 Å². The van der Waals surface area contributed by atoms with Crippen molar-refractivity contribution in [2.24, 2.45) is 18.0 Å². The van der Waals surface area contributed by atoms with Crippen molar-refractivity contribution in [3.05, 3.63) is 11.6 Å². The first-order valence-electron chi connectivity index (χ1n) is 11.8. The normalized spacial score (nSPS) is 22.8. The molecule has 2 aliphatic heterocycles. The quantitative estimate of drug-likeness (QED) is 0.282. The van der Waals surface area contributed by atoms with Crippen molar-refractivity contribution in [2.45, 2.75) is 72.0 Å². The number of hydrogen-bond donors (Lipinski definition) is 2. The lowest BCUT2D eigenvalue weighted by Crippen LogP contribution is -2.48. The Morgan fingerprint density at radius 3 is 2.23 bits per heavy atom. The maximum absolute atomic E-state index is 4.86. The topological polar surface area (TPSA) is 73.6 Å². The second-order valence-corrected chi connectivity index (χ2v) is 9.26. The zero-order chi connectivity index (χ0) is 21.5. The molecule has 3 rings (SSSR count). The number of likely N-dealkylation sites (N-methyl/N-ethyl adjacent to an activating group) is 1. The molecule has 2 N–H and O–H groups in total. The van der Waals surface area contributed by atoms with Gasteiger partial charge in [-0.1, -0.05) is 20.8 Å². The van der Waals surface area contributed by atoms with E-state index in [1.165, 1.54) is 45.3 Å². The summed E-state index contributed by atoms with van der Waals surface area (Å²) < 4.78 is 2.01. The molecule has 2 fully saturated rings. The van der Waals surface area contributed by atoms with E-state index in [1.807, 2.05) is 18.5 Å². The minimum absolute atomic E-state index is 0. The zero-order valence-electron chi connectivity index (χ0n) is 20.1. The third kappa shape index (κ3) is 7.56. The Morgan fingerprint density at radius 1 is 1.06 bits per heavy atom. The van der Waals surface area contributed by atoms with Gasteiger partial charge in [-0.15, -0.1) is 34.2 Å². The number of halogens is 1. The van der Waals surface area contributed by atoms with Gasteiger partial charge >= 0.3 is 0 Å². The predicted octanol–water partition coefficient (Wildman–Crippen LogP) is 2.38. The van der Waals surface area contributed by atoms with Crippen molar-refractivity contribution in [3.63, 3.8) is 0 Å². The van der Waals surface area contributed by atoms with E-state index in [0.29, 0.717) is 24.5 Å². The van der Waals surface area contributed by atoms with E-state index in [4.69, 9.17) is 4.99 Å². The summed E-state index contributed by atoms with van der Waals surface area (Å²) in [5, 5.41) is 15.7. The standard InChI is InChI=1S/C22H42N8.HI/c1-6-29-11-7-9-19(29)13-23-22(25-15-21-27-26-18(4)28(21)5)24-14-20-10-8-12-30(20)16-17(2)3;/h17,19-20H,6-16H2,1-5H3,(H2,23,24,25);1H/t19?,20-;/m1./s1.